The van der Waals surface area contributed by atoms with Gasteiger partial charge in [-0.15, -0.1) is 0 Å². The van der Waals surface area contributed by atoms with Crippen LogP contribution in [0.25, 0.3) is 0 Å². The molecule has 0 radical (unpaired) electrons. The minimum Gasteiger partial charge on any atom is -0.462 e. The third kappa shape index (κ3) is 17.1. The van der Waals surface area contributed by atoms with E-state index in [-0.39, 0.29) is 5.97 Å². The number of hydrogen-bond donors (Lipinski definition) is 0. The van der Waals surface area contributed by atoms with Gasteiger partial charge in [-0.3, -0.25) is 0 Å². The Bertz CT molecular complexity index is 348. The van der Waals surface area contributed by atoms with Crippen LogP contribution in [0.4, 0.5) is 0 Å². The smallest absolute Gasteiger partial charge is 0.333 e. The van der Waals surface area contributed by atoms with E-state index >= 15 is 0 Å². The van der Waals surface area contributed by atoms with Crippen molar-refractivity contribution in [1.82, 2.24) is 0 Å². The standard InChI is InChI=1S/C25H48O2/c1-5-8-10-11-12-13-14-15-16-18-20-23(4)25(26)27-22-24(19-7-3)21-17-9-6-2/h24H,4-22H2,1-3H3. The molecule has 0 aromatic rings. The molecule has 0 saturated heterocycles. The molecular formula is C25H48O2. The van der Waals surface area contributed by atoms with Gasteiger partial charge >= 0.3 is 5.97 Å². The summed E-state index contributed by atoms with van der Waals surface area (Å²) in [6, 6.07) is 0. The molecule has 0 rings (SSSR count). The summed E-state index contributed by atoms with van der Waals surface area (Å²) >= 11 is 0. The highest BCUT2D eigenvalue weighted by molar-refractivity contribution is 5.87. The number of carbonyl (C=O) groups is 1. The summed E-state index contributed by atoms with van der Waals surface area (Å²) in [6.07, 6.45) is 21.2. The lowest BCUT2D eigenvalue weighted by Gasteiger charge is -2.16. The fourth-order valence-corrected chi connectivity index (χ4v) is 3.63. The average molecular weight is 381 g/mol. The zero-order valence-electron chi connectivity index (χ0n) is 18.8. The zero-order valence-corrected chi connectivity index (χ0v) is 18.8. The lowest BCUT2D eigenvalue weighted by Crippen LogP contribution is -2.15. The Morgan fingerprint density at radius 3 is 1.78 bits per heavy atom. The van der Waals surface area contributed by atoms with Crippen molar-refractivity contribution >= 4 is 5.97 Å². The van der Waals surface area contributed by atoms with Gasteiger partial charge in [0, 0.05) is 5.57 Å². The Hall–Kier alpha value is -0.790. The van der Waals surface area contributed by atoms with Crippen molar-refractivity contribution in [2.45, 2.75) is 130 Å². The largest absolute Gasteiger partial charge is 0.462 e. The average Bonchev–Trinajstić information content (AvgIpc) is 2.67. The maximum absolute atomic E-state index is 12.2. The molecule has 1 unspecified atom stereocenters. The van der Waals surface area contributed by atoms with Crippen LogP contribution in [0.2, 0.25) is 0 Å². The van der Waals surface area contributed by atoms with E-state index in [0.29, 0.717) is 18.1 Å². The van der Waals surface area contributed by atoms with Gasteiger partial charge in [-0.25, -0.2) is 4.79 Å². The van der Waals surface area contributed by atoms with Gasteiger partial charge in [0.1, 0.15) is 0 Å². The van der Waals surface area contributed by atoms with E-state index in [2.05, 4.69) is 27.4 Å². The van der Waals surface area contributed by atoms with Crippen molar-refractivity contribution < 1.29 is 9.53 Å². The number of ether oxygens (including phenoxy) is 1. The van der Waals surface area contributed by atoms with Crippen LogP contribution in [0.15, 0.2) is 12.2 Å². The summed E-state index contributed by atoms with van der Waals surface area (Å²) in [6.45, 7) is 11.2. The summed E-state index contributed by atoms with van der Waals surface area (Å²) in [7, 11) is 0. The third-order valence-electron chi connectivity index (χ3n) is 5.48. The van der Waals surface area contributed by atoms with E-state index in [4.69, 9.17) is 4.74 Å². The molecule has 0 aliphatic heterocycles. The van der Waals surface area contributed by atoms with Crippen molar-refractivity contribution in [3.8, 4) is 0 Å². The van der Waals surface area contributed by atoms with Crippen LogP contribution >= 0.6 is 0 Å². The van der Waals surface area contributed by atoms with Gasteiger partial charge in [0.05, 0.1) is 6.61 Å². The topological polar surface area (TPSA) is 26.3 Å². The van der Waals surface area contributed by atoms with Crippen molar-refractivity contribution in [1.29, 1.82) is 0 Å². The molecule has 0 aromatic heterocycles. The van der Waals surface area contributed by atoms with E-state index in [1.807, 2.05) is 0 Å². The normalized spacial score (nSPS) is 12.1. The number of unbranched alkanes of at least 4 members (excludes halogenated alkanes) is 11. The fraction of sp³-hybridized carbons (Fsp3) is 0.880. The molecular weight excluding hydrogens is 332 g/mol. The van der Waals surface area contributed by atoms with Crippen LogP contribution in [0.3, 0.4) is 0 Å². The molecule has 27 heavy (non-hydrogen) atoms. The van der Waals surface area contributed by atoms with Gasteiger partial charge in [-0.1, -0.05) is 111 Å². The van der Waals surface area contributed by atoms with E-state index in [9.17, 15) is 4.79 Å². The van der Waals surface area contributed by atoms with Gasteiger partial charge in [0.2, 0.25) is 0 Å². The second-order valence-electron chi connectivity index (χ2n) is 8.28. The molecule has 0 aliphatic carbocycles. The Kier molecular flexibility index (Phi) is 19.4. The van der Waals surface area contributed by atoms with Crippen LogP contribution in [0, 0.1) is 5.92 Å². The first-order valence-electron chi connectivity index (χ1n) is 12.0. The number of esters is 1. The molecule has 0 amide bonds. The monoisotopic (exact) mass is 380 g/mol. The van der Waals surface area contributed by atoms with Gasteiger partial charge in [0.25, 0.3) is 0 Å². The number of carbonyl (C=O) groups excluding carboxylic acids is 1. The Balaban J connectivity index is 3.68. The molecule has 160 valence electrons. The summed E-state index contributed by atoms with van der Waals surface area (Å²) in [5.74, 6) is 0.359. The van der Waals surface area contributed by atoms with Gasteiger partial charge in [-0.2, -0.15) is 0 Å². The van der Waals surface area contributed by atoms with E-state index < -0.39 is 0 Å². The Morgan fingerprint density at radius 2 is 1.22 bits per heavy atom. The molecule has 0 saturated carbocycles. The quantitative estimate of drug-likeness (QED) is 0.120. The minimum atomic E-state index is -0.164. The summed E-state index contributed by atoms with van der Waals surface area (Å²) in [4.78, 5) is 12.2. The summed E-state index contributed by atoms with van der Waals surface area (Å²) in [5.41, 5.74) is 0.665. The lowest BCUT2D eigenvalue weighted by atomic mass is 9.97. The maximum Gasteiger partial charge on any atom is 0.333 e. The molecule has 2 heteroatoms. The van der Waals surface area contributed by atoms with E-state index in [1.165, 1.54) is 83.5 Å². The van der Waals surface area contributed by atoms with Crippen molar-refractivity contribution in [2.24, 2.45) is 5.92 Å². The summed E-state index contributed by atoms with van der Waals surface area (Å²) in [5, 5.41) is 0. The maximum atomic E-state index is 12.2. The molecule has 0 aliphatic rings. The van der Waals surface area contributed by atoms with Crippen LogP contribution in [0.1, 0.15) is 130 Å². The highest BCUT2D eigenvalue weighted by Gasteiger charge is 2.13. The molecule has 0 spiro atoms. The molecule has 0 bridgehead atoms. The third-order valence-corrected chi connectivity index (χ3v) is 5.48. The predicted octanol–water partition coefficient (Wildman–Crippen LogP) is 8.39. The SMILES string of the molecule is C=C(CCCCCCCCCCCC)C(=O)OCC(CCC)CCCCC. The first kappa shape index (κ1) is 26.2. The number of hydrogen-bond acceptors (Lipinski definition) is 2. The zero-order chi connectivity index (χ0) is 20.2. The van der Waals surface area contributed by atoms with Crippen LogP contribution in [-0.2, 0) is 9.53 Å². The highest BCUT2D eigenvalue weighted by Crippen LogP contribution is 2.18. The molecule has 0 aromatic carbocycles. The second-order valence-corrected chi connectivity index (χ2v) is 8.28. The lowest BCUT2D eigenvalue weighted by molar-refractivity contribution is -0.140. The first-order chi connectivity index (χ1) is 13.2. The first-order valence-corrected chi connectivity index (χ1v) is 12.0. The predicted molar refractivity (Wildman–Crippen MR) is 119 cm³/mol. The molecule has 1 atom stereocenters. The van der Waals surface area contributed by atoms with E-state index in [1.54, 1.807) is 0 Å². The molecule has 0 heterocycles. The van der Waals surface area contributed by atoms with Crippen LogP contribution in [0.5, 0.6) is 0 Å². The van der Waals surface area contributed by atoms with Gasteiger partial charge in [0.15, 0.2) is 0 Å². The van der Waals surface area contributed by atoms with Crippen LogP contribution < -0.4 is 0 Å². The summed E-state index contributed by atoms with van der Waals surface area (Å²) < 4.78 is 5.55. The fourth-order valence-electron chi connectivity index (χ4n) is 3.63. The molecule has 2 nitrogen and oxygen atoms in total. The van der Waals surface area contributed by atoms with Crippen molar-refractivity contribution in [3.05, 3.63) is 12.2 Å². The minimum absolute atomic E-state index is 0.164. The Morgan fingerprint density at radius 1 is 0.704 bits per heavy atom. The highest BCUT2D eigenvalue weighted by atomic mass is 16.5. The Labute approximate surface area is 170 Å². The van der Waals surface area contributed by atoms with Gasteiger partial charge in [-0.05, 0) is 31.6 Å². The molecule has 0 N–H and O–H groups in total. The second kappa shape index (κ2) is 20.0. The van der Waals surface area contributed by atoms with Gasteiger partial charge < -0.3 is 4.74 Å². The van der Waals surface area contributed by atoms with Crippen molar-refractivity contribution in [3.63, 3.8) is 0 Å². The van der Waals surface area contributed by atoms with Crippen LogP contribution in [-0.4, -0.2) is 12.6 Å². The van der Waals surface area contributed by atoms with Crippen molar-refractivity contribution in [2.75, 3.05) is 6.61 Å². The van der Waals surface area contributed by atoms with E-state index in [0.717, 1.165) is 25.7 Å². The number of rotatable bonds is 20. The molecule has 0 fully saturated rings.